The zero-order chi connectivity index (χ0) is 22.6. The van der Waals surface area contributed by atoms with Crippen molar-refractivity contribution in [3.63, 3.8) is 0 Å². The van der Waals surface area contributed by atoms with E-state index in [1.165, 1.54) is 27.6 Å². The van der Waals surface area contributed by atoms with Gasteiger partial charge in [0.15, 0.2) is 6.61 Å². The molecular weight excluding hydrogens is 466 g/mol. The molecule has 0 saturated carbocycles. The number of amides is 1. The first-order valence-electron chi connectivity index (χ1n) is 10.2. The highest BCUT2D eigenvalue weighted by molar-refractivity contribution is 7.94. The van der Waals surface area contributed by atoms with Gasteiger partial charge in [0.1, 0.15) is 9.96 Å². The third kappa shape index (κ3) is 5.32. The first-order chi connectivity index (χ1) is 15.4. The number of rotatable bonds is 8. The monoisotopic (exact) mass is 491 g/mol. The first kappa shape index (κ1) is 22.8. The van der Waals surface area contributed by atoms with Gasteiger partial charge in [-0.1, -0.05) is 12.1 Å². The van der Waals surface area contributed by atoms with Crippen LogP contribution in [0.3, 0.4) is 0 Å². The molecule has 32 heavy (non-hydrogen) atoms. The molecule has 0 atom stereocenters. The summed E-state index contributed by atoms with van der Waals surface area (Å²) in [5.74, 6) is 0.489. The Bertz CT molecular complexity index is 1110. The van der Waals surface area contributed by atoms with Gasteiger partial charge in [0.25, 0.3) is 15.9 Å². The number of sulfonamides is 1. The van der Waals surface area contributed by atoms with E-state index >= 15 is 0 Å². The Morgan fingerprint density at radius 2 is 1.69 bits per heavy atom. The maximum Gasteiger partial charge on any atom is 0.273 e. The van der Waals surface area contributed by atoms with Crippen LogP contribution < -0.4 is 9.04 Å². The average Bonchev–Trinajstić information content (AvgIpc) is 3.53. The number of hydrogen-bond acceptors (Lipinski definition) is 7. The molecule has 0 unspecified atom stereocenters. The maximum atomic E-state index is 12.6. The van der Waals surface area contributed by atoms with Crippen molar-refractivity contribution >= 4 is 44.3 Å². The second-order valence-corrected chi connectivity index (χ2v) is 11.6. The van der Waals surface area contributed by atoms with E-state index in [1.54, 1.807) is 53.1 Å². The van der Waals surface area contributed by atoms with Crippen molar-refractivity contribution in [1.82, 2.24) is 9.80 Å². The fraction of sp³-hybridized carbons (Fsp3) is 0.318. The largest absolute Gasteiger partial charge is 0.484 e. The molecule has 7 nitrogen and oxygen atoms in total. The van der Waals surface area contributed by atoms with Gasteiger partial charge in [0, 0.05) is 44.6 Å². The summed E-state index contributed by atoms with van der Waals surface area (Å²) in [4.78, 5) is 18.1. The zero-order valence-corrected chi connectivity index (χ0v) is 20.2. The second-order valence-electron chi connectivity index (χ2n) is 7.42. The van der Waals surface area contributed by atoms with Crippen molar-refractivity contribution in [2.75, 3.05) is 44.1 Å². The van der Waals surface area contributed by atoms with Crippen LogP contribution in [0.5, 0.6) is 5.75 Å². The molecule has 2 aromatic heterocycles. The van der Waals surface area contributed by atoms with Crippen LogP contribution in [0.25, 0.3) is 0 Å². The van der Waals surface area contributed by atoms with Gasteiger partial charge >= 0.3 is 0 Å². The number of piperazine rings is 1. The smallest absolute Gasteiger partial charge is 0.273 e. The third-order valence-corrected chi connectivity index (χ3v) is 9.38. The van der Waals surface area contributed by atoms with Gasteiger partial charge in [-0.25, -0.2) is 8.42 Å². The highest BCUT2D eigenvalue weighted by Gasteiger charge is 2.23. The lowest BCUT2D eigenvalue weighted by Gasteiger charge is -2.34. The Hall–Kier alpha value is -2.40. The number of ether oxygens (including phenoxy) is 1. The van der Waals surface area contributed by atoms with Crippen LogP contribution in [0.15, 0.2) is 63.5 Å². The van der Waals surface area contributed by atoms with Gasteiger partial charge in [-0.3, -0.25) is 14.0 Å². The predicted octanol–water partition coefficient (Wildman–Crippen LogP) is 3.36. The lowest BCUT2D eigenvalue weighted by atomic mass is 10.3. The van der Waals surface area contributed by atoms with Crippen LogP contribution in [0.1, 0.15) is 4.88 Å². The fourth-order valence-electron chi connectivity index (χ4n) is 3.45. The van der Waals surface area contributed by atoms with Crippen LogP contribution in [-0.4, -0.2) is 64.0 Å². The molecule has 1 saturated heterocycles. The second kappa shape index (κ2) is 10.0. The molecule has 1 fully saturated rings. The molecule has 1 aliphatic heterocycles. The van der Waals surface area contributed by atoms with Crippen molar-refractivity contribution in [3.8, 4) is 5.75 Å². The number of nitrogens with zero attached hydrogens (tertiary/aromatic N) is 3. The minimum atomic E-state index is -3.58. The summed E-state index contributed by atoms with van der Waals surface area (Å²) < 4.78 is 32.5. The maximum absolute atomic E-state index is 12.6. The van der Waals surface area contributed by atoms with E-state index in [9.17, 15) is 13.2 Å². The highest BCUT2D eigenvalue weighted by Crippen LogP contribution is 2.26. The van der Waals surface area contributed by atoms with Gasteiger partial charge in [-0.2, -0.15) is 0 Å². The Kier molecular flexibility index (Phi) is 7.14. The molecule has 1 aromatic carbocycles. The van der Waals surface area contributed by atoms with Crippen LogP contribution in [0.4, 0.5) is 5.69 Å². The lowest BCUT2D eigenvalue weighted by Crippen LogP contribution is -2.49. The molecular formula is C22H25N3O4S3. The van der Waals surface area contributed by atoms with E-state index in [0.29, 0.717) is 28.7 Å². The van der Waals surface area contributed by atoms with Gasteiger partial charge in [-0.05, 0) is 47.2 Å². The van der Waals surface area contributed by atoms with Gasteiger partial charge in [0.2, 0.25) is 0 Å². The molecule has 0 aliphatic carbocycles. The normalized spacial score (nSPS) is 15.0. The van der Waals surface area contributed by atoms with Crippen LogP contribution in [0.2, 0.25) is 0 Å². The topological polar surface area (TPSA) is 70.2 Å². The Morgan fingerprint density at radius 3 is 2.31 bits per heavy atom. The summed E-state index contributed by atoms with van der Waals surface area (Å²) in [5.41, 5.74) is 0.527. The Morgan fingerprint density at radius 1 is 1.00 bits per heavy atom. The Balaban J connectivity index is 1.26. The molecule has 4 rings (SSSR count). The van der Waals surface area contributed by atoms with E-state index in [2.05, 4.69) is 22.4 Å². The highest BCUT2D eigenvalue weighted by atomic mass is 32.2. The molecule has 1 aliphatic rings. The average molecular weight is 492 g/mol. The Labute approximate surface area is 196 Å². The minimum Gasteiger partial charge on any atom is -0.484 e. The predicted molar refractivity (Wildman–Crippen MR) is 128 cm³/mol. The quantitative estimate of drug-likeness (QED) is 0.483. The minimum absolute atomic E-state index is 0.0341. The third-order valence-electron chi connectivity index (χ3n) is 5.36. The summed E-state index contributed by atoms with van der Waals surface area (Å²) >= 11 is 2.94. The van der Waals surface area contributed by atoms with Crippen LogP contribution >= 0.6 is 22.7 Å². The van der Waals surface area contributed by atoms with Gasteiger partial charge < -0.3 is 9.64 Å². The summed E-state index contributed by atoms with van der Waals surface area (Å²) in [6.45, 7) is 3.98. The van der Waals surface area contributed by atoms with Crippen molar-refractivity contribution in [3.05, 3.63) is 64.2 Å². The number of carbonyl (C=O) groups excluding carboxylic acids is 1. The summed E-state index contributed by atoms with van der Waals surface area (Å²) in [6, 6.07) is 14.2. The number of thiophene rings is 2. The molecule has 0 radical (unpaired) electrons. The first-order valence-corrected chi connectivity index (χ1v) is 13.4. The van der Waals surface area contributed by atoms with Gasteiger partial charge in [0.05, 0.1) is 5.69 Å². The van der Waals surface area contributed by atoms with Crippen LogP contribution in [0, 0.1) is 0 Å². The molecule has 0 bridgehead atoms. The SMILES string of the molecule is CN(c1ccc(OCC(=O)N2CCN(Cc3cccs3)CC2)cc1)S(=O)(=O)c1cccs1. The lowest BCUT2D eigenvalue weighted by molar-refractivity contribution is -0.135. The van der Waals surface area contributed by atoms with Crippen molar-refractivity contribution < 1.29 is 17.9 Å². The summed E-state index contributed by atoms with van der Waals surface area (Å²) in [5, 5.41) is 3.82. The number of carbonyl (C=O) groups is 1. The van der Waals surface area contributed by atoms with E-state index in [4.69, 9.17) is 4.74 Å². The molecule has 1 amide bonds. The van der Waals surface area contributed by atoms with Crippen molar-refractivity contribution in [2.45, 2.75) is 10.8 Å². The van der Waals surface area contributed by atoms with E-state index in [-0.39, 0.29) is 12.5 Å². The van der Waals surface area contributed by atoms with Crippen molar-refractivity contribution in [1.29, 1.82) is 0 Å². The van der Waals surface area contributed by atoms with Gasteiger partial charge in [-0.15, -0.1) is 22.7 Å². The van der Waals surface area contributed by atoms with E-state index < -0.39 is 10.0 Å². The molecule has 0 spiro atoms. The standard InChI is InChI=1S/C22H25N3O4S3/c1-23(32(27,28)22-5-3-15-31-22)18-6-8-19(9-7-18)29-17-21(26)25-12-10-24(11-13-25)16-20-4-2-14-30-20/h2-9,14-15H,10-13,16-17H2,1H3. The molecule has 3 aromatic rings. The molecule has 0 N–H and O–H groups in total. The van der Waals surface area contributed by atoms with Crippen molar-refractivity contribution in [2.24, 2.45) is 0 Å². The number of benzene rings is 1. The summed E-state index contributed by atoms with van der Waals surface area (Å²) in [6.07, 6.45) is 0. The molecule has 170 valence electrons. The summed E-state index contributed by atoms with van der Waals surface area (Å²) in [7, 11) is -2.06. The zero-order valence-electron chi connectivity index (χ0n) is 17.7. The molecule has 10 heteroatoms. The number of hydrogen-bond donors (Lipinski definition) is 0. The van der Waals surface area contributed by atoms with E-state index in [0.717, 1.165) is 19.6 Å². The van der Waals surface area contributed by atoms with E-state index in [1.807, 2.05) is 4.90 Å². The molecule has 3 heterocycles. The fourth-order valence-corrected chi connectivity index (χ4v) is 6.55. The number of anilines is 1. The van der Waals surface area contributed by atoms with Crippen LogP contribution in [-0.2, 0) is 21.4 Å².